The summed E-state index contributed by atoms with van der Waals surface area (Å²) in [5.41, 5.74) is 0. The van der Waals surface area contributed by atoms with Gasteiger partial charge < -0.3 is 0 Å². The highest BCUT2D eigenvalue weighted by Crippen LogP contribution is 1.93. The largest absolute Gasteiger partial charge is 0.124 e. The monoisotopic (exact) mass is 142 g/mol. The van der Waals surface area contributed by atoms with E-state index >= 15 is 0 Å². The Balaban J connectivity index is -0.0000000847. The molecule has 0 aliphatic carbocycles. The van der Waals surface area contributed by atoms with Crippen LogP contribution in [-0.2, 0) is 0 Å². The lowest BCUT2D eigenvalue weighted by atomic mass is 10.2. The molecule has 0 amide bonds. The van der Waals surface area contributed by atoms with Gasteiger partial charge in [0.25, 0.3) is 0 Å². The van der Waals surface area contributed by atoms with Crippen LogP contribution in [0.2, 0.25) is 0 Å². The summed E-state index contributed by atoms with van der Waals surface area (Å²) in [4.78, 5) is 0. The fourth-order valence-corrected chi connectivity index (χ4v) is 0. The molecule has 0 saturated heterocycles. The summed E-state index contributed by atoms with van der Waals surface area (Å²) in [6.45, 7) is 10.9. The quantitative estimate of drug-likeness (QED) is 0.489. The Kier molecular flexibility index (Phi) is 38.3. The molecule has 0 aromatic rings. The SMILES string of the molecule is C#C.CCC.CCC(C)C. The number of hydrogen-bond acceptors (Lipinski definition) is 0. The maximum atomic E-state index is 4.00. The molecule has 0 aromatic heterocycles. The molecular formula is C10H22. The van der Waals surface area contributed by atoms with E-state index in [4.69, 9.17) is 0 Å². The number of terminal acetylenes is 1. The first-order valence-electron chi connectivity index (χ1n) is 4.02. The molecule has 10 heavy (non-hydrogen) atoms. The third kappa shape index (κ3) is 134. The molecule has 0 aromatic carbocycles. The van der Waals surface area contributed by atoms with Crippen LogP contribution in [0.1, 0.15) is 47.5 Å². The summed E-state index contributed by atoms with van der Waals surface area (Å²) in [6.07, 6.45) is 10.6. The van der Waals surface area contributed by atoms with Crippen LogP contribution in [0.4, 0.5) is 0 Å². The van der Waals surface area contributed by atoms with Crippen LogP contribution in [0.5, 0.6) is 0 Å². The van der Waals surface area contributed by atoms with Gasteiger partial charge in [-0.2, -0.15) is 0 Å². The van der Waals surface area contributed by atoms with Crippen molar-refractivity contribution in [2.75, 3.05) is 0 Å². The van der Waals surface area contributed by atoms with E-state index in [1.54, 1.807) is 0 Å². The Morgan fingerprint density at radius 2 is 1.10 bits per heavy atom. The first-order chi connectivity index (χ1) is 4.68. The van der Waals surface area contributed by atoms with Gasteiger partial charge in [-0.3, -0.25) is 0 Å². The first kappa shape index (κ1) is 16.3. The van der Waals surface area contributed by atoms with Crippen molar-refractivity contribution in [1.82, 2.24) is 0 Å². The van der Waals surface area contributed by atoms with Gasteiger partial charge in [-0.25, -0.2) is 0 Å². The van der Waals surface area contributed by atoms with Gasteiger partial charge in [0.15, 0.2) is 0 Å². The highest BCUT2D eigenvalue weighted by molar-refractivity contribution is 4.47. The molecule has 0 unspecified atom stereocenters. The predicted octanol–water partition coefficient (Wildman–Crippen LogP) is 3.72. The van der Waals surface area contributed by atoms with E-state index in [9.17, 15) is 0 Å². The van der Waals surface area contributed by atoms with E-state index in [2.05, 4.69) is 47.5 Å². The van der Waals surface area contributed by atoms with E-state index in [1.165, 1.54) is 12.8 Å². The summed E-state index contributed by atoms with van der Waals surface area (Å²) in [7, 11) is 0. The molecular weight excluding hydrogens is 120 g/mol. The zero-order chi connectivity index (χ0) is 8.99. The lowest BCUT2D eigenvalue weighted by molar-refractivity contribution is 0.626. The first-order valence-corrected chi connectivity index (χ1v) is 4.02. The standard InChI is InChI=1S/C5H12.C3H8.C2H2/c1-4-5(2)3;1-3-2;1-2/h5H,4H2,1-3H3;3H2,1-2H3;1-2H. The molecule has 62 valence electrons. The van der Waals surface area contributed by atoms with Crippen molar-refractivity contribution in [2.24, 2.45) is 5.92 Å². The number of rotatable bonds is 1. The van der Waals surface area contributed by atoms with Crippen molar-refractivity contribution in [1.29, 1.82) is 0 Å². The summed E-state index contributed by atoms with van der Waals surface area (Å²) < 4.78 is 0. The molecule has 0 saturated carbocycles. The fraction of sp³-hybridized carbons (Fsp3) is 0.800. The predicted molar refractivity (Wildman–Crippen MR) is 51.0 cm³/mol. The van der Waals surface area contributed by atoms with E-state index in [-0.39, 0.29) is 0 Å². The molecule has 0 aliphatic rings. The zero-order valence-corrected chi connectivity index (χ0v) is 8.15. The lowest BCUT2D eigenvalue weighted by Gasteiger charge is -1.90. The van der Waals surface area contributed by atoms with Gasteiger partial charge in [-0.15, -0.1) is 12.8 Å². The second-order valence-electron chi connectivity index (χ2n) is 2.51. The van der Waals surface area contributed by atoms with Gasteiger partial charge in [0, 0.05) is 0 Å². The molecule has 0 bridgehead atoms. The molecule has 0 heterocycles. The average molecular weight is 142 g/mol. The van der Waals surface area contributed by atoms with Crippen molar-refractivity contribution >= 4 is 0 Å². The van der Waals surface area contributed by atoms with Gasteiger partial charge in [-0.05, 0) is 5.92 Å². The zero-order valence-electron chi connectivity index (χ0n) is 8.15. The minimum atomic E-state index is 0.884. The van der Waals surface area contributed by atoms with Gasteiger partial charge in [0.1, 0.15) is 0 Å². The Morgan fingerprint density at radius 1 is 1.00 bits per heavy atom. The minimum Gasteiger partial charge on any atom is -0.124 e. The van der Waals surface area contributed by atoms with Crippen molar-refractivity contribution < 1.29 is 0 Å². The Labute approximate surface area is 67.0 Å². The minimum absolute atomic E-state index is 0.884. The van der Waals surface area contributed by atoms with Crippen molar-refractivity contribution in [3.8, 4) is 12.8 Å². The molecule has 0 radical (unpaired) electrons. The third-order valence-corrected chi connectivity index (χ3v) is 0.816. The third-order valence-electron chi connectivity index (χ3n) is 0.816. The molecule has 0 atom stereocenters. The second kappa shape index (κ2) is 23.5. The second-order valence-corrected chi connectivity index (χ2v) is 2.51. The molecule has 0 nitrogen and oxygen atoms in total. The van der Waals surface area contributed by atoms with Gasteiger partial charge >= 0.3 is 0 Å². The highest BCUT2D eigenvalue weighted by Gasteiger charge is 1.80. The molecule has 0 heteroatoms. The van der Waals surface area contributed by atoms with Crippen LogP contribution in [0.15, 0.2) is 0 Å². The smallest absolute Gasteiger partial charge is 0.0474 e. The van der Waals surface area contributed by atoms with Crippen LogP contribution in [-0.4, -0.2) is 0 Å². The molecule has 0 fully saturated rings. The fourth-order valence-electron chi connectivity index (χ4n) is 0. The molecule has 0 aliphatic heterocycles. The van der Waals surface area contributed by atoms with Gasteiger partial charge in [0.2, 0.25) is 0 Å². The lowest BCUT2D eigenvalue weighted by Crippen LogP contribution is -1.77. The molecule has 0 N–H and O–H groups in total. The normalized spacial score (nSPS) is 6.80. The summed E-state index contributed by atoms with van der Waals surface area (Å²) >= 11 is 0. The van der Waals surface area contributed by atoms with E-state index in [0.717, 1.165) is 5.92 Å². The van der Waals surface area contributed by atoms with E-state index < -0.39 is 0 Å². The van der Waals surface area contributed by atoms with Crippen molar-refractivity contribution in [3.05, 3.63) is 0 Å². The maximum Gasteiger partial charge on any atom is -0.0474 e. The maximum absolute atomic E-state index is 4.00. The number of hydrogen-bond donors (Lipinski definition) is 0. The molecule has 0 spiro atoms. The van der Waals surface area contributed by atoms with Crippen LogP contribution in [0, 0.1) is 18.8 Å². The van der Waals surface area contributed by atoms with Crippen LogP contribution >= 0.6 is 0 Å². The Hall–Kier alpha value is -0.440. The summed E-state index contributed by atoms with van der Waals surface area (Å²) in [5, 5.41) is 0. The molecule has 0 rings (SSSR count). The van der Waals surface area contributed by atoms with Gasteiger partial charge in [-0.1, -0.05) is 47.5 Å². The van der Waals surface area contributed by atoms with Crippen LogP contribution < -0.4 is 0 Å². The highest BCUT2D eigenvalue weighted by atomic mass is 13.9. The summed E-state index contributed by atoms with van der Waals surface area (Å²) in [5.74, 6) is 0.884. The topological polar surface area (TPSA) is 0 Å². The Morgan fingerprint density at radius 3 is 1.10 bits per heavy atom. The van der Waals surface area contributed by atoms with Crippen LogP contribution in [0.25, 0.3) is 0 Å². The van der Waals surface area contributed by atoms with Crippen molar-refractivity contribution in [2.45, 2.75) is 47.5 Å². The van der Waals surface area contributed by atoms with Gasteiger partial charge in [0.05, 0.1) is 0 Å². The van der Waals surface area contributed by atoms with Crippen molar-refractivity contribution in [3.63, 3.8) is 0 Å². The average Bonchev–Trinajstić information content (AvgIpc) is 1.94. The van der Waals surface area contributed by atoms with Crippen LogP contribution in [0.3, 0.4) is 0 Å². The summed E-state index contributed by atoms with van der Waals surface area (Å²) in [6, 6.07) is 0. The Bertz CT molecular complexity index is 41.2. The van der Waals surface area contributed by atoms with E-state index in [1.807, 2.05) is 0 Å². The van der Waals surface area contributed by atoms with E-state index in [0.29, 0.717) is 0 Å².